The number of aromatic nitrogens is 1. The van der Waals surface area contributed by atoms with E-state index in [0.717, 1.165) is 24.3 Å². The summed E-state index contributed by atoms with van der Waals surface area (Å²) < 4.78 is 9.30. The summed E-state index contributed by atoms with van der Waals surface area (Å²) in [6.45, 7) is 13.8. The summed E-state index contributed by atoms with van der Waals surface area (Å²) in [5.74, 6) is 2.56. The molecule has 4 aromatic carbocycles. The number of aryl methyl sites for hydroxylation is 2. The molecule has 1 aromatic heterocycles. The highest BCUT2D eigenvalue weighted by atomic mass is 16.5. The predicted octanol–water partition coefficient (Wildman–Crippen LogP) is 8.84. The van der Waals surface area contributed by atoms with Crippen LogP contribution in [-0.4, -0.2) is 0 Å². The van der Waals surface area contributed by atoms with Gasteiger partial charge in [-0.15, -0.1) is 0 Å². The molecule has 0 atom stereocenters. The van der Waals surface area contributed by atoms with Gasteiger partial charge in [0.1, 0.15) is 18.5 Å². The largest absolute Gasteiger partial charge is 0.455 e. The van der Waals surface area contributed by atoms with Gasteiger partial charge in [-0.05, 0) is 75.2 Å². The lowest BCUT2D eigenvalue weighted by molar-refractivity contribution is -0.659. The van der Waals surface area contributed by atoms with Crippen molar-refractivity contribution in [3.63, 3.8) is 0 Å². The Bertz CT molecular complexity index is 1680. The van der Waals surface area contributed by atoms with Gasteiger partial charge in [-0.2, -0.15) is 0 Å². The third-order valence-electron chi connectivity index (χ3n) is 7.57. The molecular formula is C34H36NO+. The lowest BCUT2D eigenvalue weighted by atomic mass is 9.83. The highest BCUT2D eigenvalue weighted by Gasteiger charge is 2.33. The maximum atomic E-state index is 7.02. The molecule has 0 spiro atoms. The first-order chi connectivity index (χ1) is 17.1. The van der Waals surface area contributed by atoms with E-state index in [1.807, 2.05) is 0 Å². The van der Waals surface area contributed by atoms with Gasteiger partial charge in [0.25, 0.3) is 0 Å². The van der Waals surface area contributed by atoms with Crippen LogP contribution >= 0.6 is 0 Å². The van der Waals surface area contributed by atoms with Crippen LogP contribution in [0.3, 0.4) is 0 Å². The molecule has 5 aromatic rings. The van der Waals surface area contributed by atoms with Gasteiger partial charge >= 0.3 is 0 Å². The minimum atomic E-state index is 0.212. The van der Waals surface area contributed by atoms with Crippen molar-refractivity contribution in [1.29, 1.82) is 0 Å². The molecule has 2 heteroatoms. The zero-order valence-electron chi connectivity index (χ0n) is 22.6. The molecule has 0 radical (unpaired) electrons. The number of pyridine rings is 1. The fourth-order valence-corrected chi connectivity index (χ4v) is 6.21. The van der Waals surface area contributed by atoms with Crippen LogP contribution in [0.4, 0.5) is 0 Å². The van der Waals surface area contributed by atoms with Crippen LogP contribution in [0, 0.1) is 18.3 Å². The molecule has 1 aliphatic rings. The van der Waals surface area contributed by atoms with Crippen LogP contribution in [0.25, 0.3) is 43.6 Å². The SMILES string of the molecule is Cc1c2c(c(CC(C)C)c3c1ccc1ccccc13)Oc1cc(CC(C)(C)C)cc3cc[n+](C)c-2c13. The second kappa shape index (κ2) is 8.06. The van der Waals surface area contributed by atoms with Crippen LogP contribution in [-0.2, 0) is 19.9 Å². The number of rotatable bonds is 3. The van der Waals surface area contributed by atoms with Crippen LogP contribution in [0.15, 0.2) is 60.8 Å². The summed E-state index contributed by atoms with van der Waals surface area (Å²) in [4.78, 5) is 0. The summed E-state index contributed by atoms with van der Waals surface area (Å²) in [7, 11) is 2.17. The first-order valence-electron chi connectivity index (χ1n) is 13.2. The second-order valence-electron chi connectivity index (χ2n) is 12.3. The van der Waals surface area contributed by atoms with Crippen molar-refractivity contribution in [3.8, 4) is 22.8 Å². The Morgan fingerprint density at radius 1 is 0.889 bits per heavy atom. The summed E-state index contributed by atoms with van der Waals surface area (Å²) in [6, 6.07) is 20.3. The quantitative estimate of drug-likeness (QED) is 0.184. The van der Waals surface area contributed by atoms with Crippen LogP contribution in [0.2, 0.25) is 0 Å². The van der Waals surface area contributed by atoms with Gasteiger partial charge in [-0.1, -0.05) is 77.1 Å². The average molecular weight is 475 g/mol. The number of hydrogen-bond acceptors (Lipinski definition) is 1. The molecule has 182 valence electrons. The lowest BCUT2D eigenvalue weighted by Crippen LogP contribution is -2.32. The summed E-state index contributed by atoms with van der Waals surface area (Å²) in [5.41, 5.74) is 6.69. The molecule has 0 aliphatic carbocycles. The van der Waals surface area contributed by atoms with Crippen molar-refractivity contribution in [3.05, 3.63) is 77.5 Å². The number of benzene rings is 4. The number of ether oxygens (including phenoxy) is 1. The third-order valence-corrected chi connectivity index (χ3v) is 7.57. The van der Waals surface area contributed by atoms with Gasteiger partial charge in [0.15, 0.2) is 6.20 Å². The molecule has 2 nitrogen and oxygen atoms in total. The van der Waals surface area contributed by atoms with Crippen LogP contribution < -0.4 is 9.30 Å². The van der Waals surface area contributed by atoms with Gasteiger partial charge in [-0.3, -0.25) is 0 Å². The molecule has 0 saturated heterocycles. The Morgan fingerprint density at radius 3 is 2.42 bits per heavy atom. The summed E-state index contributed by atoms with van der Waals surface area (Å²) in [6.07, 6.45) is 4.20. The second-order valence-corrected chi connectivity index (χ2v) is 12.3. The third kappa shape index (κ3) is 3.58. The number of nitrogens with zero attached hydrogens (tertiary/aromatic N) is 1. The minimum absolute atomic E-state index is 0.212. The molecule has 36 heavy (non-hydrogen) atoms. The van der Waals surface area contributed by atoms with E-state index in [0.29, 0.717) is 5.92 Å². The Labute approximate surface area is 214 Å². The van der Waals surface area contributed by atoms with E-state index in [-0.39, 0.29) is 5.41 Å². The molecule has 0 amide bonds. The molecule has 0 unspecified atom stereocenters. The monoisotopic (exact) mass is 474 g/mol. The van der Waals surface area contributed by atoms with Gasteiger partial charge in [-0.25, -0.2) is 4.57 Å². The van der Waals surface area contributed by atoms with Gasteiger partial charge < -0.3 is 4.74 Å². The zero-order valence-corrected chi connectivity index (χ0v) is 22.6. The van der Waals surface area contributed by atoms with Crippen molar-refractivity contribution in [2.45, 2.75) is 54.4 Å². The van der Waals surface area contributed by atoms with Gasteiger partial charge in [0.2, 0.25) is 5.69 Å². The highest BCUT2D eigenvalue weighted by Crippen LogP contribution is 2.52. The molecule has 6 rings (SSSR count). The minimum Gasteiger partial charge on any atom is -0.455 e. The highest BCUT2D eigenvalue weighted by molar-refractivity contribution is 6.15. The van der Waals surface area contributed by atoms with E-state index in [2.05, 4.69) is 114 Å². The van der Waals surface area contributed by atoms with E-state index in [4.69, 9.17) is 4.74 Å². The van der Waals surface area contributed by atoms with Gasteiger partial charge in [0.05, 0.1) is 10.9 Å². The van der Waals surface area contributed by atoms with Gasteiger partial charge in [0, 0.05) is 11.6 Å². The maximum Gasteiger partial charge on any atom is 0.228 e. The fourth-order valence-electron chi connectivity index (χ4n) is 6.21. The Balaban J connectivity index is 1.76. The van der Waals surface area contributed by atoms with Crippen molar-refractivity contribution in [1.82, 2.24) is 0 Å². The molecule has 0 fully saturated rings. The summed E-state index contributed by atoms with van der Waals surface area (Å²) >= 11 is 0. The molecular weight excluding hydrogens is 438 g/mol. The van der Waals surface area contributed by atoms with E-state index < -0.39 is 0 Å². The smallest absolute Gasteiger partial charge is 0.228 e. The first kappa shape index (κ1) is 23.0. The fraction of sp³-hybridized carbons (Fsp3) is 0.324. The molecule has 0 N–H and O–H groups in total. The summed E-state index contributed by atoms with van der Waals surface area (Å²) in [5, 5.41) is 7.76. The molecule has 2 heterocycles. The van der Waals surface area contributed by atoms with Crippen LogP contribution in [0.5, 0.6) is 11.5 Å². The molecule has 0 bridgehead atoms. The van der Waals surface area contributed by atoms with Crippen molar-refractivity contribution >= 4 is 32.3 Å². The lowest BCUT2D eigenvalue weighted by Gasteiger charge is -2.27. The zero-order chi connectivity index (χ0) is 25.4. The Kier molecular flexibility index (Phi) is 5.16. The van der Waals surface area contributed by atoms with Crippen molar-refractivity contribution in [2.24, 2.45) is 18.4 Å². The van der Waals surface area contributed by atoms with E-state index in [9.17, 15) is 0 Å². The van der Waals surface area contributed by atoms with Crippen molar-refractivity contribution < 1.29 is 9.30 Å². The average Bonchev–Trinajstić information content (AvgIpc) is 2.81. The van der Waals surface area contributed by atoms with E-state index in [1.54, 1.807) is 0 Å². The van der Waals surface area contributed by atoms with Crippen molar-refractivity contribution in [2.75, 3.05) is 0 Å². The van der Waals surface area contributed by atoms with E-state index >= 15 is 0 Å². The maximum absolute atomic E-state index is 7.02. The standard InChI is InChI=1S/C34H36NO/c1-20(2)16-27-31-25(13-12-23-10-8-9-11-26(23)31)21(3)29-32-30-24(14-15-35(32)7)17-22(19-34(4,5)6)18-28(30)36-33(27)29/h8-15,17-18,20H,16,19H2,1-7H3/q+1. The molecule has 0 saturated carbocycles. The first-order valence-corrected chi connectivity index (χ1v) is 13.2. The normalized spacial score (nSPS) is 13.0. The Morgan fingerprint density at radius 2 is 1.67 bits per heavy atom. The number of fused-ring (bicyclic) bond motifs is 5. The molecule has 1 aliphatic heterocycles. The predicted molar refractivity (Wildman–Crippen MR) is 152 cm³/mol. The topological polar surface area (TPSA) is 13.1 Å². The van der Waals surface area contributed by atoms with E-state index in [1.165, 1.54) is 60.3 Å². The van der Waals surface area contributed by atoms with Crippen LogP contribution in [0.1, 0.15) is 51.3 Å². The Hall–Kier alpha value is -3.39. The number of hydrogen-bond donors (Lipinski definition) is 0.